The minimum absolute atomic E-state index is 0.138. The van der Waals surface area contributed by atoms with Crippen LogP contribution in [0.3, 0.4) is 0 Å². The first-order valence-electron chi connectivity index (χ1n) is 5.76. The fourth-order valence-electron chi connectivity index (χ4n) is 1.93. The normalized spacial score (nSPS) is 20.4. The van der Waals surface area contributed by atoms with Crippen LogP contribution in [0.5, 0.6) is 0 Å². The van der Waals surface area contributed by atoms with E-state index in [-0.39, 0.29) is 5.91 Å². The monoisotopic (exact) mass is 269 g/mol. The topological polar surface area (TPSA) is 20.3 Å². The summed E-state index contributed by atoms with van der Waals surface area (Å²) in [6.07, 6.45) is 0. The zero-order valence-electron chi connectivity index (χ0n) is 9.86. The smallest absolute Gasteiger partial charge is 0.254 e. The zero-order valence-corrected chi connectivity index (χ0v) is 11.4. The van der Waals surface area contributed by atoms with Gasteiger partial charge in [-0.25, -0.2) is 0 Å². The molecule has 0 radical (unpaired) electrons. The number of hydrogen-bond acceptors (Lipinski definition) is 2. The van der Waals surface area contributed by atoms with Crippen LogP contribution in [0.4, 0.5) is 0 Å². The standard InChI is InChI=1S/C13H16ClNOS/c1-10-9-17-7-6-15(10)13(16)12-4-2-11(8-14)3-5-12/h2-5,10H,6-9H2,1H3. The van der Waals surface area contributed by atoms with E-state index >= 15 is 0 Å². The van der Waals surface area contributed by atoms with Crippen molar-refractivity contribution in [1.29, 1.82) is 0 Å². The average Bonchev–Trinajstić information content (AvgIpc) is 2.39. The molecule has 0 N–H and O–H groups in total. The lowest BCUT2D eigenvalue weighted by Gasteiger charge is -2.33. The van der Waals surface area contributed by atoms with Crippen molar-refractivity contribution >= 4 is 29.3 Å². The first-order valence-corrected chi connectivity index (χ1v) is 7.45. The molecule has 92 valence electrons. The van der Waals surface area contributed by atoms with E-state index in [1.54, 1.807) is 0 Å². The number of halogens is 1. The number of carbonyl (C=O) groups excluding carboxylic acids is 1. The van der Waals surface area contributed by atoms with Crippen molar-refractivity contribution in [2.75, 3.05) is 18.1 Å². The molecule has 1 saturated heterocycles. The Morgan fingerprint density at radius 3 is 2.76 bits per heavy atom. The number of thioether (sulfide) groups is 1. The van der Waals surface area contributed by atoms with Gasteiger partial charge in [0.15, 0.2) is 0 Å². The highest BCUT2D eigenvalue weighted by Crippen LogP contribution is 2.19. The Bertz CT molecular complexity index is 393. The van der Waals surface area contributed by atoms with E-state index in [2.05, 4.69) is 6.92 Å². The molecule has 1 atom stereocenters. The molecule has 1 heterocycles. The Kier molecular flexibility index (Phi) is 4.35. The van der Waals surface area contributed by atoms with Gasteiger partial charge in [-0.3, -0.25) is 4.79 Å². The van der Waals surface area contributed by atoms with Crippen LogP contribution in [-0.2, 0) is 5.88 Å². The van der Waals surface area contributed by atoms with Crippen LogP contribution in [0.15, 0.2) is 24.3 Å². The molecule has 17 heavy (non-hydrogen) atoms. The Hall–Kier alpha value is -0.670. The van der Waals surface area contributed by atoms with E-state index in [9.17, 15) is 4.79 Å². The number of amides is 1. The van der Waals surface area contributed by atoms with Crippen molar-refractivity contribution in [2.45, 2.75) is 18.8 Å². The predicted octanol–water partition coefficient (Wildman–Crippen LogP) is 3.00. The molecule has 1 aliphatic rings. The van der Waals surface area contributed by atoms with Crippen LogP contribution < -0.4 is 0 Å². The van der Waals surface area contributed by atoms with Gasteiger partial charge in [-0.15, -0.1) is 11.6 Å². The van der Waals surface area contributed by atoms with E-state index in [0.717, 1.165) is 29.2 Å². The second-order valence-corrected chi connectivity index (χ2v) is 5.67. The summed E-state index contributed by atoms with van der Waals surface area (Å²) in [5.41, 5.74) is 1.81. The fourth-order valence-corrected chi connectivity index (χ4v) is 3.12. The molecular formula is C13H16ClNOS. The van der Waals surface area contributed by atoms with Gasteiger partial charge in [0.1, 0.15) is 0 Å². The Morgan fingerprint density at radius 1 is 1.47 bits per heavy atom. The van der Waals surface area contributed by atoms with Gasteiger partial charge in [0.25, 0.3) is 5.91 Å². The lowest BCUT2D eigenvalue weighted by molar-refractivity contribution is 0.0716. The lowest BCUT2D eigenvalue weighted by atomic mass is 10.1. The van der Waals surface area contributed by atoms with Gasteiger partial charge >= 0.3 is 0 Å². The van der Waals surface area contributed by atoms with Gasteiger partial charge in [0.05, 0.1) is 0 Å². The highest BCUT2D eigenvalue weighted by molar-refractivity contribution is 7.99. The van der Waals surface area contributed by atoms with E-state index in [1.807, 2.05) is 40.9 Å². The molecule has 1 aliphatic heterocycles. The summed E-state index contributed by atoms with van der Waals surface area (Å²) in [6, 6.07) is 7.91. The first kappa shape index (κ1) is 12.8. The number of rotatable bonds is 2. The van der Waals surface area contributed by atoms with Crippen molar-refractivity contribution in [3.63, 3.8) is 0 Å². The maximum Gasteiger partial charge on any atom is 0.254 e. The molecule has 4 heteroatoms. The largest absolute Gasteiger partial charge is 0.334 e. The molecule has 1 aromatic carbocycles. The molecule has 0 bridgehead atoms. The Labute approximate surface area is 111 Å². The highest BCUT2D eigenvalue weighted by Gasteiger charge is 2.24. The van der Waals surface area contributed by atoms with Gasteiger partial charge in [-0.1, -0.05) is 12.1 Å². The fraction of sp³-hybridized carbons (Fsp3) is 0.462. The Morgan fingerprint density at radius 2 is 2.18 bits per heavy atom. The molecule has 1 fully saturated rings. The maximum atomic E-state index is 12.3. The molecule has 1 aromatic rings. The summed E-state index contributed by atoms with van der Waals surface area (Å²) in [4.78, 5) is 14.3. The van der Waals surface area contributed by atoms with Gasteiger partial charge in [-0.2, -0.15) is 11.8 Å². The van der Waals surface area contributed by atoms with Crippen molar-refractivity contribution in [3.8, 4) is 0 Å². The third kappa shape index (κ3) is 2.96. The number of carbonyl (C=O) groups is 1. The SMILES string of the molecule is CC1CSCCN1C(=O)c1ccc(CCl)cc1. The van der Waals surface area contributed by atoms with Crippen molar-refractivity contribution < 1.29 is 4.79 Å². The molecule has 2 rings (SSSR count). The minimum Gasteiger partial charge on any atom is -0.334 e. The van der Waals surface area contributed by atoms with Crippen LogP contribution in [0, 0.1) is 0 Å². The molecule has 2 nitrogen and oxygen atoms in total. The zero-order chi connectivity index (χ0) is 12.3. The number of nitrogens with zero attached hydrogens (tertiary/aromatic N) is 1. The minimum atomic E-state index is 0.138. The first-order chi connectivity index (χ1) is 8.22. The van der Waals surface area contributed by atoms with Gasteiger partial charge < -0.3 is 4.90 Å². The molecule has 0 spiro atoms. The summed E-state index contributed by atoms with van der Waals surface area (Å²) in [5, 5.41) is 0. The van der Waals surface area contributed by atoms with Crippen LogP contribution >= 0.6 is 23.4 Å². The van der Waals surface area contributed by atoms with Gasteiger partial charge in [0.2, 0.25) is 0 Å². The quantitative estimate of drug-likeness (QED) is 0.770. The second kappa shape index (κ2) is 5.78. The summed E-state index contributed by atoms with van der Waals surface area (Å²) >= 11 is 7.65. The predicted molar refractivity (Wildman–Crippen MR) is 73.8 cm³/mol. The van der Waals surface area contributed by atoms with Crippen molar-refractivity contribution in [1.82, 2.24) is 4.90 Å². The molecule has 0 saturated carbocycles. The van der Waals surface area contributed by atoms with Crippen molar-refractivity contribution in [2.24, 2.45) is 0 Å². The number of benzene rings is 1. The third-order valence-corrected chi connectivity index (χ3v) is 4.48. The van der Waals surface area contributed by atoms with E-state index in [1.165, 1.54) is 0 Å². The van der Waals surface area contributed by atoms with Crippen LogP contribution in [0.1, 0.15) is 22.8 Å². The second-order valence-electron chi connectivity index (χ2n) is 4.25. The highest BCUT2D eigenvalue weighted by atomic mass is 35.5. The average molecular weight is 270 g/mol. The summed E-state index contributed by atoms with van der Waals surface area (Å²) in [5.74, 6) is 2.70. The molecular weight excluding hydrogens is 254 g/mol. The summed E-state index contributed by atoms with van der Waals surface area (Å²) < 4.78 is 0. The molecule has 1 amide bonds. The Balaban J connectivity index is 2.12. The van der Waals surface area contributed by atoms with Crippen LogP contribution in [0.25, 0.3) is 0 Å². The van der Waals surface area contributed by atoms with Gasteiger partial charge in [-0.05, 0) is 24.6 Å². The summed E-state index contributed by atoms with van der Waals surface area (Å²) in [6.45, 7) is 2.96. The van der Waals surface area contributed by atoms with Crippen LogP contribution in [-0.4, -0.2) is 34.9 Å². The number of hydrogen-bond donors (Lipinski definition) is 0. The molecule has 0 aliphatic carbocycles. The number of alkyl halides is 1. The van der Waals surface area contributed by atoms with E-state index in [0.29, 0.717) is 11.9 Å². The van der Waals surface area contributed by atoms with E-state index < -0.39 is 0 Å². The lowest BCUT2D eigenvalue weighted by Crippen LogP contribution is -2.44. The maximum absolute atomic E-state index is 12.3. The molecule has 1 unspecified atom stereocenters. The van der Waals surface area contributed by atoms with Crippen LogP contribution in [0.2, 0.25) is 0 Å². The summed E-state index contributed by atoms with van der Waals surface area (Å²) in [7, 11) is 0. The van der Waals surface area contributed by atoms with Gasteiger partial charge in [0, 0.05) is 35.5 Å². The molecule has 0 aromatic heterocycles. The van der Waals surface area contributed by atoms with Crippen molar-refractivity contribution in [3.05, 3.63) is 35.4 Å². The van der Waals surface area contributed by atoms with E-state index in [4.69, 9.17) is 11.6 Å². The third-order valence-electron chi connectivity index (χ3n) is 2.98.